The van der Waals surface area contributed by atoms with E-state index in [9.17, 15) is 4.79 Å². The summed E-state index contributed by atoms with van der Waals surface area (Å²) in [4.78, 5) is 12.0. The molecule has 0 bridgehead atoms. The van der Waals surface area contributed by atoms with Gasteiger partial charge in [0.25, 0.3) is 0 Å². The molecule has 3 nitrogen and oxygen atoms in total. The number of carbonyl (C=O) groups is 1. The first kappa shape index (κ1) is 11.7. The topological polar surface area (TPSA) is 52.9 Å². The molecule has 1 aliphatic rings. The lowest BCUT2D eigenvalue weighted by Crippen LogP contribution is -2.37. The molecule has 88 valence electrons. The van der Waals surface area contributed by atoms with Gasteiger partial charge in [-0.05, 0) is 31.2 Å². The Balaban J connectivity index is 2.03. The van der Waals surface area contributed by atoms with Crippen LogP contribution in [0.15, 0.2) is 30.3 Å². The van der Waals surface area contributed by atoms with E-state index in [1.165, 1.54) is 12.8 Å². The number of nitrogens with one attached hydrogen (secondary N) is 1. The van der Waals surface area contributed by atoms with Gasteiger partial charge in [-0.25, -0.2) is 0 Å². The third-order valence-corrected chi connectivity index (χ3v) is 3.22. The van der Waals surface area contributed by atoms with Crippen LogP contribution in [0, 0.1) is 17.2 Å². The van der Waals surface area contributed by atoms with E-state index < -0.39 is 5.92 Å². The quantitative estimate of drug-likeness (QED) is 0.859. The van der Waals surface area contributed by atoms with Gasteiger partial charge in [-0.15, -0.1) is 0 Å². The van der Waals surface area contributed by atoms with Gasteiger partial charge in [-0.3, -0.25) is 4.79 Å². The number of hydrogen-bond acceptors (Lipinski definition) is 2. The van der Waals surface area contributed by atoms with Gasteiger partial charge in [0.15, 0.2) is 0 Å². The minimum Gasteiger partial charge on any atom is -0.352 e. The molecule has 1 aromatic carbocycles. The second kappa shape index (κ2) is 5.01. The van der Waals surface area contributed by atoms with Crippen molar-refractivity contribution in [1.82, 2.24) is 5.32 Å². The van der Waals surface area contributed by atoms with Crippen molar-refractivity contribution < 1.29 is 4.79 Å². The van der Waals surface area contributed by atoms with E-state index in [-0.39, 0.29) is 11.9 Å². The van der Waals surface area contributed by atoms with Gasteiger partial charge in [-0.2, -0.15) is 5.26 Å². The summed E-state index contributed by atoms with van der Waals surface area (Å²) in [5.74, 6) is -0.274. The lowest BCUT2D eigenvalue weighted by atomic mass is 9.99. The highest BCUT2D eigenvalue weighted by Gasteiger charge is 2.30. The molecule has 1 N–H and O–H groups in total. The monoisotopic (exact) mass is 228 g/mol. The SMILES string of the molecule is CC(NC(=O)C(C#N)c1ccccc1)C1CC1. The molecular formula is C14H16N2O. The smallest absolute Gasteiger partial charge is 0.242 e. The lowest BCUT2D eigenvalue weighted by molar-refractivity contribution is -0.122. The van der Waals surface area contributed by atoms with Gasteiger partial charge in [0, 0.05) is 6.04 Å². The molecule has 17 heavy (non-hydrogen) atoms. The average molecular weight is 228 g/mol. The summed E-state index contributed by atoms with van der Waals surface area (Å²) in [6, 6.07) is 11.4. The van der Waals surface area contributed by atoms with Gasteiger partial charge < -0.3 is 5.32 Å². The molecule has 2 atom stereocenters. The zero-order valence-electron chi connectivity index (χ0n) is 9.89. The van der Waals surface area contributed by atoms with Crippen molar-refractivity contribution in [2.24, 2.45) is 5.92 Å². The summed E-state index contributed by atoms with van der Waals surface area (Å²) in [6.07, 6.45) is 2.37. The molecule has 1 fully saturated rings. The Kier molecular flexibility index (Phi) is 3.43. The third-order valence-electron chi connectivity index (χ3n) is 3.22. The van der Waals surface area contributed by atoms with E-state index in [2.05, 4.69) is 11.4 Å². The van der Waals surface area contributed by atoms with Crippen LogP contribution in [0.4, 0.5) is 0 Å². The van der Waals surface area contributed by atoms with Crippen LogP contribution in [0.3, 0.4) is 0 Å². The van der Waals surface area contributed by atoms with Crippen LogP contribution in [0.2, 0.25) is 0 Å². The first-order valence-electron chi connectivity index (χ1n) is 5.97. The molecule has 2 rings (SSSR count). The first-order valence-corrected chi connectivity index (χ1v) is 5.97. The fourth-order valence-electron chi connectivity index (χ4n) is 1.95. The average Bonchev–Trinajstić information content (AvgIpc) is 3.15. The van der Waals surface area contributed by atoms with Gasteiger partial charge in [0.2, 0.25) is 5.91 Å². The number of carbonyl (C=O) groups excluding carboxylic acids is 1. The number of nitrogens with zero attached hydrogens (tertiary/aromatic N) is 1. The van der Waals surface area contributed by atoms with Gasteiger partial charge in [0.05, 0.1) is 6.07 Å². The summed E-state index contributed by atoms with van der Waals surface area (Å²) in [5, 5.41) is 12.0. The van der Waals surface area contributed by atoms with Crippen molar-refractivity contribution in [3.63, 3.8) is 0 Å². The van der Waals surface area contributed by atoms with Crippen LogP contribution in [0.25, 0.3) is 0 Å². The van der Waals surface area contributed by atoms with Crippen molar-refractivity contribution >= 4 is 5.91 Å². The number of amides is 1. The Morgan fingerprint density at radius 2 is 2.06 bits per heavy atom. The van der Waals surface area contributed by atoms with E-state index >= 15 is 0 Å². The Bertz CT molecular complexity index is 431. The minimum atomic E-state index is -0.697. The van der Waals surface area contributed by atoms with Gasteiger partial charge >= 0.3 is 0 Å². The Labute approximate surface area is 101 Å². The summed E-state index contributed by atoms with van der Waals surface area (Å²) in [5.41, 5.74) is 0.760. The second-order valence-corrected chi connectivity index (χ2v) is 4.61. The van der Waals surface area contributed by atoms with E-state index in [1.807, 2.05) is 37.3 Å². The maximum atomic E-state index is 12.0. The molecular weight excluding hydrogens is 212 g/mol. The maximum Gasteiger partial charge on any atom is 0.242 e. The minimum absolute atomic E-state index is 0.182. The van der Waals surface area contributed by atoms with Crippen molar-refractivity contribution in [3.05, 3.63) is 35.9 Å². The van der Waals surface area contributed by atoms with Crippen LogP contribution < -0.4 is 5.32 Å². The molecule has 0 aliphatic heterocycles. The summed E-state index contributed by atoms with van der Waals surface area (Å²) in [6.45, 7) is 2.01. The molecule has 0 radical (unpaired) electrons. The normalized spacial score (nSPS) is 17.9. The fraction of sp³-hybridized carbons (Fsp3) is 0.429. The van der Waals surface area contributed by atoms with Crippen molar-refractivity contribution in [3.8, 4) is 6.07 Å². The highest BCUT2D eigenvalue weighted by molar-refractivity contribution is 5.86. The van der Waals surface area contributed by atoms with Crippen LogP contribution in [0.1, 0.15) is 31.2 Å². The number of nitriles is 1. The number of benzene rings is 1. The molecule has 0 spiro atoms. The van der Waals surface area contributed by atoms with Crippen LogP contribution >= 0.6 is 0 Å². The first-order chi connectivity index (χ1) is 8.22. The zero-order valence-corrected chi connectivity index (χ0v) is 9.89. The van der Waals surface area contributed by atoms with E-state index in [0.717, 1.165) is 5.56 Å². The summed E-state index contributed by atoms with van der Waals surface area (Å²) < 4.78 is 0. The zero-order chi connectivity index (χ0) is 12.3. The predicted molar refractivity (Wildman–Crippen MR) is 65.1 cm³/mol. The maximum absolute atomic E-state index is 12.0. The third kappa shape index (κ3) is 2.85. The van der Waals surface area contributed by atoms with Crippen molar-refractivity contribution in [2.75, 3.05) is 0 Å². The molecule has 1 amide bonds. The van der Waals surface area contributed by atoms with Crippen LogP contribution in [-0.2, 0) is 4.79 Å². The molecule has 2 unspecified atom stereocenters. The molecule has 1 saturated carbocycles. The van der Waals surface area contributed by atoms with Crippen molar-refractivity contribution in [1.29, 1.82) is 5.26 Å². The van der Waals surface area contributed by atoms with Crippen LogP contribution in [0.5, 0.6) is 0 Å². The van der Waals surface area contributed by atoms with Crippen LogP contribution in [-0.4, -0.2) is 11.9 Å². The number of rotatable bonds is 4. The second-order valence-electron chi connectivity index (χ2n) is 4.61. The molecule has 0 saturated heterocycles. The Morgan fingerprint density at radius 3 is 2.59 bits per heavy atom. The summed E-state index contributed by atoms with van der Waals surface area (Å²) >= 11 is 0. The van der Waals surface area contributed by atoms with Gasteiger partial charge in [-0.1, -0.05) is 30.3 Å². The predicted octanol–water partition coefficient (Wildman–Crippen LogP) is 2.21. The lowest BCUT2D eigenvalue weighted by Gasteiger charge is -2.15. The molecule has 1 aliphatic carbocycles. The summed E-state index contributed by atoms with van der Waals surface area (Å²) in [7, 11) is 0. The fourth-order valence-corrected chi connectivity index (χ4v) is 1.95. The highest BCUT2D eigenvalue weighted by Crippen LogP contribution is 2.32. The molecule has 3 heteroatoms. The Hall–Kier alpha value is -1.82. The van der Waals surface area contributed by atoms with E-state index in [4.69, 9.17) is 5.26 Å². The van der Waals surface area contributed by atoms with Crippen molar-refractivity contribution in [2.45, 2.75) is 31.7 Å². The van der Waals surface area contributed by atoms with E-state index in [1.54, 1.807) is 0 Å². The number of hydrogen-bond donors (Lipinski definition) is 1. The highest BCUT2D eigenvalue weighted by atomic mass is 16.1. The molecule has 1 aromatic rings. The van der Waals surface area contributed by atoms with E-state index in [0.29, 0.717) is 5.92 Å². The largest absolute Gasteiger partial charge is 0.352 e. The Morgan fingerprint density at radius 1 is 1.41 bits per heavy atom. The molecule has 0 heterocycles. The molecule has 0 aromatic heterocycles. The standard InChI is InChI=1S/C14H16N2O/c1-10(11-7-8-11)16-14(17)13(9-15)12-5-3-2-4-6-12/h2-6,10-11,13H,7-8H2,1H3,(H,16,17). The van der Waals surface area contributed by atoms with Gasteiger partial charge in [0.1, 0.15) is 5.92 Å².